The third-order valence-electron chi connectivity index (χ3n) is 4.01. The van der Waals surface area contributed by atoms with Crippen LogP contribution in [0, 0.1) is 0 Å². The van der Waals surface area contributed by atoms with E-state index in [1.165, 1.54) is 0 Å². The lowest BCUT2D eigenvalue weighted by Gasteiger charge is -2.32. The van der Waals surface area contributed by atoms with E-state index >= 15 is 0 Å². The maximum Gasteiger partial charge on any atom is 0.151 e. The normalized spacial score (nSPS) is 19.3. The maximum absolute atomic E-state index is 6.40. The maximum atomic E-state index is 6.40. The molecule has 1 aliphatic rings. The Morgan fingerprint density at radius 1 is 1.26 bits per heavy atom. The van der Waals surface area contributed by atoms with Crippen molar-refractivity contribution >= 4 is 0 Å². The molecule has 3 rings (SSSR count). The van der Waals surface area contributed by atoms with Gasteiger partial charge in [0.05, 0.1) is 12.3 Å². The van der Waals surface area contributed by atoms with Crippen LogP contribution in [0.1, 0.15) is 30.7 Å². The van der Waals surface area contributed by atoms with Crippen molar-refractivity contribution < 1.29 is 9.47 Å². The Labute approximate surface area is 137 Å². The first-order valence-corrected chi connectivity index (χ1v) is 8.36. The zero-order chi connectivity index (χ0) is 15.9. The summed E-state index contributed by atoms with van der Waals surface area (Å²) in [7, 11) is 0. The number of hydrogen-bond donors (Lipinski definition) is 1. The van der Waals surface area contributed by atoms with E-state index in [-0.39, 0.29) is 12.2 Å². The van der Waals surface area contributed by atoms with E-state index in [0.717, 1.165) is 42.9 Å². The fourth-order valence-electron chi connectivity index (χ4n) is 2.87. The van der Waals surface area contributed by atoms with Gasteiger partial charge in [-0.1, -0.05) is 43.7 Å². The van der Waals surface area contributed by atoms with Crippen LogP contribution in [-0.4, -0.2) is 30.8 Å². The van der Waals surface area contributed by atoms with Gasteiger partial charge in [-0.05, 0) is 24.1 Å². The molecule has 1 aromatic carbocycles. The van der Waals surface area contributed by atoms with Crippen molar-refractivity contribution in [2.24, 2.45) is 0 Å². The summed E-state index contributed by atoms with van der Waals surface area (Å²) in [6.45, 7) is 4.56. The highest BCUT2D eigenvalue weighted by molar-refractivity contribution is 5.29. The number of benzene rings is 1. The fourth-order valence-corrected chi connectivity index (χ4v) is 2.87. The van der Waals surface area contributed by atoms with E-state index in [4.69, 9.17) is 9.47 Å². The van der Waals surface area contributed by atoms with Gasteiger partial charge in [-0.3, -0.25) is 4.98 Å². The Bertz CT molecular complexity index is 597. The Hall–Kier alpha value is -1.91. The molecule has 0 saturated carbocycles. The first-order valence-electron chi connectivity index (χ1n) is 8.36. The van der Waals surface area contributed by atoms with Gasteiger partial charge in [-0.25, -0.2) is 0 Å². The molecule has 1 N–H and O–H groups in total. The fraction of sp³-hybridized carbons (Fsp3) is 0.421. The zero-order valence-electron chi connectivity index (χ0n) is 13.6. The predicted molar refractivity (Wildman–Crippen MR) is 90.7 cm³/mol. The molecule has 2 heterocycles. The van der Waals surface area contributed by atoms with E-state index < -0.39 is 0 Å². The van der Waals surface area contributed by atoms with Crippen LogP contribution in [0.25, 0.3) is 0 Å². The summed E-state index contributed by atoms with van der Waals surface area (Å²) >= 11 is 0. The molecule has 0 aliphatic carbocycles. The molecule has 1 aromatic heterocycles. The summed E-state index contributed by atoms with van der Waals surface area (Å²) in [5.74, 6) is 0.859. The quantitative estimate of drug-likeness (QED) is 0.890. The van der Waals surface area contributed by atoms with Crippen molar-refractivity contribution in [1.29, 1.82) is 0 Å². The molecular formula is C19H24N2O2. The van der Waals surface area contributed by atoms with Crippen molar-refractivity contribution in [2.45, 2.75) is 32.0 Å². The van der Waals surface area contributed by atoms with Crippen LogP contribution in [0.2, 0.25) is 0 Å². The summed E-state index contributed by atoms with van der Waals surface area (Å²) in [5.41, 5.74) is 2.15. The smallest absolute Gasteiger partial charge is 0.151 e. The molecule has 1 aliphatic heterocycles. The molecule has 23 heavy (non-hydrogen) atoms. The monoisotopic (exact) mass is 312 g/mol. The Balaban J connectivity index is 1.86. The molecule has 0 amide bonds. The highest BCUT2D eigenvalue weighted by Gasteiger charge is 2.28. The van der Waals surface area contributed by atoms with Crippen LogP contribution in [0.4, 0.5) is 0 Å². The first-order chi connectivity index (χ1) is 11.4. The lowest BCUT2D eigenvalue weighted by Crippen LogP contribution is -2.43. The minimum Gasteiger partial charge on any atom is -0.481 e. The summed E-state index contributed by atoms with van der Waals surface area (Å²) in [4.78, 5) is 4.48. The summed E-state index contributed by atoms with van der Waals surface area (Å²) in [6.07, 6.45) is 3.66. The predicted octanol–water partition coefficient (Wildman–Crippen LogP) is 3.14. The highest BCUT2D eigenvalue weighted by atomic mass is 16.5. The van der Waals surface area contributed by atoms with Gasteiger partial charge < -0.3 is 14.8 Å². The van der Waals surface area contributed by atoms with E-state index in [1.807, 2.05) is 36.5 Å². The number of rotatable bonds is 6. The van der Waals surface area contributed by atoms with Gasteiger partial charge in [-0.2, -0.15) is 0 Å². The SMILES string of the molecule is CCCc1ncccc1O[C@@H](c1ccccc1)[C@@H]1CNCCO1. The third kappa shape index (κ3) is 4.09. The number of nitrogens with one attached hydrogen (secondary N) is 1. The molecule has 2 atom stereocenters. The topological polar surface area (TPSA) is 43.4 Å². The molecule has 2 aromatic rings. The molecular weight excluding hydrogens is 288 g/mol. The number of aromatic nitrogens is 1. The van der Waals surface area contributed by atoms with Crippen molar-refractivity contribution in [1.82, 2.24) is 10.3 Å². The van der Waals surface area contributed by atoms with Crippen LogP contribution in [0.15, 0.2) is 48.7 Å². The van der Waals surface area contributed by atoms with Gasteiger partial charge in [0.2, 0.25) is 0 Å². The highest BCUT2D eigenvalue weighted by Crippen LogP contribution is 2.29. The average molecular weight is 312 g/mol. The van der Waals surface area contributed by atoms with Crippen LogP contribution in [0.5, 0.6) is 5.75 Å². The Morgan fingerprint density at radius 2 is 2.13 bits per heavy atom. The summed E-state index contributed by atoms with van der Waals surface area (Å²) in [6, 6.07) is 14.2. The molecule has 1 fully saturated rings. The van der Waals surface area contributed by atoms with Crippen LogP contribution < -0.4 is 10.1 Å². The van der Waals surface area contributed by atoms with Crippen molar-refractivity contribution in [3.8, 4) is 5.75 Å². The number of pyridine rings is 1. The average Bonchev–Trinajstić information content (AvgIpc) is 2.63. The van der Waals surface area contributed by atoms with Gasteiger partial charge in [-0.15, -0.1) is 0 Å². The molecule has 0 radical (unpaired) electrons. The standard InChI is InChI=1S/C19H24N2O2/c1-2-7-16-17(10-6-11-21-16)23-19(15-8-4-3-5-9-15)18-14-20-12-13-22-18/h3-6,8-11,18-20H,2,7,12-14H2,1H3/t18-,19-/m0/s1. The van der Waals surface area contributed by atoms with Crippen molar-refractivity contribution in [3.63, 3.8) is 0 Å². The van der Waals surface area contributed by atoms with Gasteiger partial charge in [0.15, 0.2) is 6.10 Å². The lowest BCUT2D eigenvalue weighted by molar-refractivity contribution is -0.0436. The van der Waals surface area contributed by atoms with Crippen LogP contribution in [-0.2, 0) is 11.2 Å². The van der Waals surface area contributed by atoms with Gasteiger partial charge in [0.25, 0.3) is 0 Å². The van der Waals surface area contributed by atoms with Crippen molar-refractivity contribution in [3.05, 3.63) is 59.9 Å². The number of nitrogens with zero attached hydrogens (tertiary/aromatic N) is 1. The second kappa shape index (κ2) is 8.09. The largest absolute Gasteiger partial charge is 0.481 e. The van der Waals surface area contributed by atoms with E-state index in [1.54, 1.807) is 0 Å². The molecule has 0 bridgehead atoms. The third-order valence-corrected chi connectivity index (χ3v) is 4.01. The van der Waals surface area contributed by atoms with Crippen LogP contribution in [0.3, 0.4) is 0 Å². The van der Waals surface area contributed by atoms with Gasteiger partial charge in [0, 0.05) is 19.3 Å². The Kier molecular flexibility index (Phi) is 5.61. The summed E-state index contributed by atoms with van der Waals surface area (Å²) in [5, 5.41) is 3.39. The van der Waals surface area contributed by atoms with Gasteiger partial charge >= 0.3 is 0 Å². The van der Waals surface area contributed by atoms with Crippen LogP contribution >= 0.6 is 0 Å². The number of aryl methyl sites for hydroxylation is 1. The number of ether oxygens (including phenoxy) is 2. The molecule has 0 spiro atoms. The molecule has 4 heteroatoms. The minimum absolute atomic E-state index is 0.000771. The van der Waals surface area contributed by atoms with E-state index in [9.17, 15) is 0 Å². The summed E-state index contributed by atoms with van der Waals surface area (Å²) < 4.78 is 12.4. The zero-order valence-corrected chi connectivity index (χ0v) is 13.6. The second-order valence-corrected chi connectivity index (χ2v) is 5.76. The minimum atomic E-state index is -0.135. The lowest BCUT2D eigenvalue weighted by atomic mass is 10.0. The van der Waals surface area contributed by atoms with E-state index in [2.05, 4.69) is 29.4 Å². The molecule has 4 nitrogen and oxygen atoms in total. The first kappa shape index (κ1) is 16.0. The second-order valence-electron chi connectivity index (χ2n) is 5.76. The number of morpholine rings is 1. The molecule has 1 saturated heterocycles. The molecule has 0 unspecified atom stereocenters. The van der Waals surface area contributed by atoms with E-state index in [0.29, 0.717) is 6.61 Å². The molecule has 122 valence electrons. The number of hydrogen-bond acceptors (Lipinski definition) is 4. The van der Waals surface area contributed by atoms with Gasteiger partial charge in [0.1, 0.15) is 11.9 Å². The Morgan fingerprint density at radius 3 is 2.87 bits per heavy atom. The van der Waals surface area contributed by atoms with Crippen molar-refractivity contribution in [2.75, 3.05) is 19.7 Å².